The topological polar surface area (TPSA) is 20.2 Å². The van der Waals surface area contributed by atoms with Crippen molar-refractivity contribution in [2.45, 2.75) is 30.1 Å². The second kappa shape index (κ2) is 2.18. The molecular formula is C8H12OS. The predicted molar refractivity (Wildman–Crippen MR) is 44.9 cm³/mol. The largest absolute Gasteiger partial charge is 0.376 e. The minimum absolute atomic E-state index is 0.0260. The fourth-order valence-electron chi connectivity index (χ4n) is 1.13. The number of aliphatic hydroxyl groups is 1. The quantitative estimate of drug-likeness (QED) is 0.607. The summed E-state index contributed by atoms with van der Waals surface area (Å²) in [5, 5.41) is 9.66. The van der Waals surface area contributed by atoms with E-state index in [0.29, 0.717) is 0 Å². The first-order valence-electron chi connectivity index (χ1n) is 3.33. The van der Waals surface area contributed by atoms with E-state index in [4.69, 9.17) is 6.42 Å². The van der Waals surface area contributed by atoms with E-state index >= 15 is 0 Å². The number of hydrogen-bond acceptors (Lipinski definition) is 2. The number of terminal acetylenes is 1. The molecule has 0 unspecified atom stereocenters. The Labute approximate surface area is 66.2 Å². The molecule has 0 aromatic heterocycles. The van der Waals surface area contributed by atoms with Crippen LogP contribution in [0.25, 0.3) is 0 Å². The molecule has 0 aliphatic heterocycles. The molecule has 0 heterocycles. The Hall–Kier alpha value is -0.130. The van der Waals surface area contributed by atoms with Crippen LogP contribution < -0.4 is 0 Å². The van der Waals surface area contributed by atoms with E-state index in [9.17, 15) is 5.11 Å². The maximum atomic E-state index is 9.66. The van der Waals surface area contributed by atoms with Gasteiger partial charge in [0.25, 0.3) is 0 Å². The van der Waals surface area contributed by atoms with Gasteiger partial charge in [0.15, 0.2) is 0 Å². The van der Waals surface area contributed by atoms with Crippen molar-refractivity contribution in [1.82, 2.24) is 0 Å². The minimum Gasteiger partial charge on any atom is -0.376 e. The van der Waals surface area contributed by atoms with Gasteiger partial charge in [0.05, 0.1) is 4.75 Å². The van der Waals surface area contributed by atoms with E-state index in [1.54, 1.807) is 18.7 Å². The normalized spacial score (nSPS) is 26.6. The van der Waals surface area contributed by atoms with Crippen molar-refractivity contribution in [2.24, 2.45) is 0 Å². The van der Waals surface area contributed by atoms with Crippen LogP contribution in [-0.2, 0) is 0 Å². The van der Waals surface area contributed by atoms with Crippen LogP contribution in [0.4, 0.5) is 0 Å². The minimum atomic E-state index is -0.910. The van der Waals surface area contributed by atoms with Crippen LogP contribution in [0.3, 0.4) is 0 Å². The second-order valence-electron chi connectivity index (χ2n) is 2.91. The molecule has 10 heavy (non-hydrogen) atoms. The Morgan fingerprint density at radius 2 is 2.20 bits per heavy atom. The number of thioether (sulfide) groups is 1. The summed E-state index contributed by atoms with van der Waals surface area (Å²) in [7, 11) is 0. The zero-order chi connectivity index (χ0) is 7.83. The third-order valence-electron chi connectivity index (χ3n) is 2.26. The van der Waals surface area contributed by atoms with Crippen molar-refractivity contribution in [3.8, 4) is 12.3 Å². The molecule has 1 fully saturated rings. The van der Waals surface area contributed by atoms with Crippen LogP contribution in [0, 0.1) is 12.3 Å². The summed E-state index contributed by atoms with van der Waals surface area (Å²) >= 11 is 1.68. The van der Waals surface area contributed by atoms with Gasteiger partial charge in [0.2, 0.25) is 0 Å². The number of hydrogen-bond donors (Lipinski definition) is 1. The van der Waals surface area contributed by atoms with E-state index in [1.807, 2.05) is 6.26 Å². The predicted octanol–water partition coefficient (Wildman–Crippen LogP) is 1.27. The van der Waals surface area contributed by atoms with E-state index in [2.05, 4.69) is 5.92 Å². The molecule has 0 saturated heterocycles. The van der Waals surface area contributed by atoms with Crippen LogP contribution in [0.1, 0.15) is 19.8 Å². The lowest BCUT2D eigenvalue weighted by atomic mass is 10.0. The lowest BCUT2D eigenvalue weighted by molar-refractivity contribution is 0.112. The molecule has 1 aliphatic carbocycles. The standard InChI is InChI=1S/C8H12OS/c1-4-7(2,9)8(10-3)5-6-8/h1,9H,5-6H2,2-3H3/t7-/m0/s1. The third-order valence-corrected chi connectivity index (χ3v) is 3.85. The summed E-state index contributed by atoms with van der Waals surface area (Å²) in [6.07, 6.45) is 9.29. The first-order chi connectivity index (χ1) is 4.58. The van der Waals surface area contributed by atoms with Crippen molar-refractivity contribution in [3.05, 3.63) is 0 Å². The molecule has 1 N–H and O–H groups in total. The van der Waals surface area contributed by atoms with Crippen molar-refractivity contribution < 1.29 is 5.11 Å². The molecule has 0 aromatic rings. The Morgan fingerprint density at radius 3 is 2.30 bits per heavy atom. The average Bonchev–Trinajstić information content (AvgIpc) is 2.67. The highest BCUT2D eigenvalue weighted by atomic mass is 32.2. The smallest absolute Gasteiger partial charge is 0.136 e. The van der Waals surface area contributed by atoms with Crippen LogP contribution in [0.5, 0.6) is 0 Å². The van der Waals surface area contributed by atoms with Gasteiger partial charge in [-0.1, -0.05) is 5.92 Å². The highest BCUT2D eigenvalue weighted by Gasteiger charge is 2.55. The summed E-state index contributed by atoms with van der Waals surface area (Å²) in [4.78, 5) is 0. The fraction of sp³-hybridized carbons (Fsp3) is 0.750. The zero-order valence-corrected chi connectivity index (χ0v) is 7.16. The van der Waals surface area contributed by atoms with Crippen LogP contribution in [-0.4, -0.2) is 21.7 Å². The van der Waals surface area contributed by atoms with Crippen LogP contribution in [0.2, 0.25) is 0 Å². The molecule has 0 spiro atoms. The Bertz CT molecular complexity index is 174. The molecule has 56 valence electrons. The van der Waals surface area contributed by atoms with Gasteiger partial charge < -0.3 is 5.11 Å². The highest BCUT2D eigenvalue weighted by Crippen LogP contribution is 2.54. The maximum Gasteiger partial charge on any atom is 0.136 e. The number of rotatable bonds is 2. The summed E-state index contributed by atoms with van der Waals surface area (Å²) in [5.41, 5.74) is -0.910. The molecular weight excluding hydrogens is 144 g/mol. The molecule has 1 rings (SSSR count). The Morgan fingerprint density at radius 1 is 1.70 bits per heavy atom. The molecule has 1 saturated carbocycles. The van der Waals surface area contributed by atoms with Gasteiger partial charge in [-0.3, -0.25) is 0 Å². The van der Waals surface area contributed by atoms with Crippen molar-refractivity contribution in [1.29, 1.82) is 0 Å². The van der Waals surface area contributed by atoms with Gasteiger partial charge in [-0.25, -0.2) is 0 Å². The average molecular weight is 156 g/mol. The van der Waals surface area contributed by atoms with Gasteiger partial charge in [0.1, 0.15) is 5.60 Å². The van der Waals surface area contributed by atoms with Gasteiger partial charge in [-0.05, 0) is 26.0 Å². The van der Waals surface area contributed by atoms with Gasteiger partial charge in [-0.15, -0.1) is 6.42 Å². The van der Waals surface area contributed by atoms with Crippen LogP contribution in [0.15, 0.2) is 0 Å². The van der Waals surface area contributed by atoms with Crippen molar-refractivity contribution >= 4 is 11.8 Å². The third kappa shape index (κ3) is 0.941. The molecule has 0 bridgehead atoms. The van der Waals surface area contributed by atoms with Gasteiger partial charge in [-0.2, -0.15) is 11.8 Å². The van der Waals surface area contributed by atoms with E-state index in [-0.39, 0.29) is 4.75 Å². The second-order valence-corrected chi connectivity index (χ2v) is 4.10. The molecule has 1 aliphatic rings. The molecule has 0 aromatic carbocycles. The van der Waals surface area contributed by atoms with E-state index in [1.165, 1.54) is 0 Å². The molecule has 1 nitrogen and oxygen atoms in total. The zero-order valence-electron chi connectivity index (χ0n) is 6.35. The fourth-order valence-corrected chi connectivity index (χ4v) is 2.10. The molecule has 0 radical (unpaired) electrons. The maximum absolute atomic E-state index is 9.66. The van der Waals surface area contributed by atoms with Gasteiger partial charge >= 0.3 is 0 Å². The Kier molecular flexibility index (Phi) is 1.74. The first kappa shape index (κ1) is 7.97. The summed E-state index contributed by atoms with van der Waals surface area (Å²) in [6.45, 7) is 1.72. The lowest BCUT2D eigenvalue weighted by Crippen LogP contribution is -2.37. The lowest BCUT2D eigenvalue weighted by Gasteiger charge is -2.25. The molecule has 1 atom stereocenters. The first-order valence-corrected chi connectivity index (χ1v) is 4.56. The van der Waals surface area contributed by atoms with E-state index in [0.717, 1.165) is 12.8 Å². The highest BCUT2D eigenvalue weighted by molar-refractivity contribution is 8.00. The molecule has 0 amide bonds. The summed E-state index contributed by atoms with van der Waals surface area (Å²) in [6, 6.07) is 0. The van der Waals surface area contributed by atoms with Crippen molar-refractivity contribution in [2.75, 3.05) is 6.26 Å². The van der Waals surface area contributed by atoms with E-state index < -0.39 is 5.60 Å². The van der Waals surface area contributed by atoms with Crippen molar-refractivity contribution in [3.63, 3.8) is 0 Å². The Balaban J connectivity index is 2.74. The monoisotopic (exact) mass is 156 g/mol. The summed E-state index contributed by atoms with van der Waals surface area (Å²) in [5.74, 6) is 2.43. The summed E-state index contributed by atoms with van der Waals surface area (Å²) < 4.78 is -0.0260. The molecule has 2 heteroatoms. The van der Waals surface area contributed by atoms with Gasteiger partial charge in [0, 0.05) is 0 Å². The SMILES string of the molecule is C#C[C@](C)(O)C1(SC)CC1. The van der Waals surface area contributed by atoms with Crippen LogP contribution >= 0.6 is 11.8 Å².